The van der Waals surface area contributed by atoms with Crippen molar-refractivity contribution in [3.63, 3.8) is 0 Å². The number of hydrogen-bond acceptors (Lipinski definition) is 5. The zero-order chi connectivity index (χ0) is 19.4. The van der Waals surface area contributed by atoms with Gasteiger partial charge < -0.3 is 10.2 Å². The van der Waals surface area contributed by atoms with Gasteiger partial charge in [-0.05, 0) is 32.3 Å². The number of aromatic nitrogens is 2. The van der Waals surface area contributed by atoms with Gasteiger partial charge in [0.1, 0.15) is 0 Å². The summed E-state index contributed by atoms with van der Waals surface area (Å²) in [6.45, 7) is 1.59. The first-order valence-corrected chi connectivity index (χ1v) is 9.14. The van der Waals surface area contributed by atoms with Crippen LogP contribution in [-0.2, 0) is 6.18 Å². The first-order chi connectivity index (χ1) is 12.9. The van der Waals surface area contributed by atoms with Gasteiger partial charge in [0.25, 0.3) is 0 Å². The Morgan fingerprint density at radius 2 is 1.78 bits per heavy atom. The number of benzene rings is 1. The summed E-state index contributed by atoms with van der Waals surface area (Å²) in [5.74, 6) is 0. The molecule has 2 aromatic heterocycles. The van der Waals surface area contributed by atoms with Crippen molar-refractivity contribution >= 4 is 16.5 Å². The Labute approximate surface area is 159 Å². The van der Waals surface area contributed by atoms with Crippen LogP contribution in [0, 0.1) is 0 Å². The molecule has 1 aromatic carbocycles. The first kappa shape index (κ1) is 19.3. The lowest BCUT2D eigenvalue weighted by Crippen LogP contribution is -2.20. The highest BCUT2D eigenvalue weighted by atomic mass is 32.1. The van der Waals surface area contributed by atoms with E-state index in [-0.39, 0.29) is 5.56 Å². The summed E-state index contributed by atoms with van der Waals surface area (Å²) in [4.78, 5) is 11.4. The number of nitrogens with zero attached hydrogens (tertiary/aromatic N) is 3. The predicted octanol–water partition coefficient (Wildman–Crippen LogP) is 4.86. The molecule has 4 nitrogen and oxygen atoms in total. The number of alkyl halides is 3. The standard InChI is InChI=1S/C19H19F3N4S/c1-26(2)11-10-24-18-25-12-16(27-18)14-7-5-9-23-17(14)13-6-3-4-8-15(13)19(20,21)22/h3-9,12H,10-11H2,1-2H3,(H,24,25). The van der Waals surface area contributed by atoms with E-state index in [4.69, 9.17) is 0 Å². The Balaban J connectivity index is 1.96. The average Bonchev–Trinajstić information content (AvgIpc) is 3.09. The van der Waals surface area contributed by atoms with Gasteiger partial charge >= 0.3 is 6.18 Å². The van der Waals surface area contributed by atoms with Gasteiger partial charge in [0.05, 0.1) is 16.1 Å². The highest BCUT2D eigenvalue weighted by Gasteiger charge is 2.34. The molecular weight excluding hydrogens is 373 g/mol. The maximum absolute atomic E-state index is 13.4. The van der Waals surface area contributed by atoms with Crippen molar-refractivity contribution in [1.29, 1.82) is 0 Å². The molecule has 0 radical (unpaired) electrons. The molecule has 0 aliphatic carbocycles. The van der Waals surface area contributed by atoms with Crippen LogP contribution in [0.3, 0.4) is 0 Å². The minimum absolute atomic E-state index is 0.0658. The Morgan fingerprint density at radius 1 is 1.04 bits per heavy atom. The van der Waals surface area contributed by atoms with Crippen LogP contribution in [0.2, 0.25) is 0 Å². The second kappa shape index (κ2) is 8.06. The fraction of sp³-hybridized carbons (Fsp3) is 0.263. The smallest absolute Gasteiger partial charge is 0.360 e. The molecule has 0 unspecified atom stereocenters. The predicted molar refractivity (Wildman–Crippen MR) is 103 cm³/mol. The Morgan fingerprint density at radius 3 is 2.52 bits per heavy atom. The largest absolute Gasteiger partial charge is 0.417 e. The number of rotatable bonds is 6. The molecule has 2 heterocycles. The Bertz CT molecular complexity index is 906. The number of hydrogen-bond donors (Lipinski definition) is 1. The van der Waals surface area contributed by atoms with Crippen molar-refractivity contribution in [3.8, 4) is 21.7 Å². The van der Waals surface area contributed by atoms with E-state index in [2.05, 4.69) is 20.2 Å². The Kier molecular flexibility index (Phi) is 5.76. The number of halogens is 3. The average molecular weight is 392 g/mol. The summed E-state index contributed by atoms with van der Waals surface area (Å²) in [5.41, 5.74) is 0.302. The van der Waals surface area contributed by atoms with E-state index in [1.165, 1.54) is 29.7 Å². The monoisotopic (exact) mass is 392 g/mol. The van der Waals surface area contributed by atoms with E-state index in [1.807, 2.05) is 14.1 Å². The van der Waals surface area contributed by atoms with Crippen molar-refractivity contribution in [1.82, 2.24) is 14.9 Å². The normalized spacial score (nSPS) is 11.8. The summed E-state index contributed by atoms with van der Waals surface area (Å²) >= 11 is 1.40. The maximum Gasteiger partial charge on any atom is 0.417 e. The van der Waals surface area contributed by atoms with Crippen molar-refractivity contribution < 1.29 is 13.2 Å². The highest BCUT2D eigenvalue weighted by Crippen LogP contribution is 2.41. The topological polar surface area (TPSA) is 41.0 Å². The zero-order valence-electron chi connectivity index (χ0n) is 14.9. The van der Waals surface area contributed by atoms with Gasteiger partial charge in [-0.1, -0.05) is 29.5 Å². The molecule has 3 rings (SSSR count). The summed E-state index contributed by atoms with van der Waals surface area (Å²) in [5, 5.41) is 3.95. The summed E-state index contributed by atoms with van der Waals surface area (Å²) in [6, 6.07) is 8.99. The molecule has 1 N–H and O–H groups in total. The lowest BCUT2D eigenvalue weighted by atomic mass is 9.99. The number of pyridine rings is 1. The third kappa shape index (κ3) is 4.64. The van der Waals surface area contributed by atoms with Crippen LogP contribution >= 0.6 is 11.3 Å². The van der Waals surface area contributed by atoms with Crippen molar-refractivity contribution in [2.45, 2.75) is 6.18 Å². The third-order valence-corrected chi connectivity index (χ3v) is 4.89. The third-order valence-electron chi connectivity index (χ3n) is 3.90. The minimum atomic E-state index is -4.45. The van der Waals surface area contributed by atoms with Crippen LogP contribution in [0.25, 0.3) is 21.7 Å². The summed E-state index contributed by atoms with van der Waals surface area (Å²) in [6.07, 6.45) is -1.28. The lowest BCUT2D eigenvalue weighted by molar-refractivity contribution is -0.137. The Hall–Kier alpha value is -2.45. The highest BCUT2D eigenvalue weighted by molar-refractivity contribution is 7.18. The van der Waals surface area contributed by atoms with E-state index in [1.54, 1.807) is 24.4 Å². The van der Waals surface area contributed by atoms with Crippen LogP contribution in [0.4, 0.5) is 18.3 Å². The molecule has 0 aliphatic heterocycles. The molecule has 0 saturated carbocycles. The van der Waals surface area contributed by atoms with E-state index in [9.17, 15) is 13.2 Å². The van der Waals surface area contributed by atoms with Gasteiger partial charge in [0.15, 0.2) is 5.13 Å². The first-order valence-electron chi connectivity index (χ1n) is 8.32. The van der Waals surface area contributed by atoms with Gasteiger partial charge in [-0.25, -0.2) is 4.98 Å². The molecule has 0 bridgehead atoms. The zero-order valence-corrected chi connectivity index (χ0v) is 15.7. The molecule has 8 heteroatoms. The summed E-state index contributed by atoms with van der Waals surface area (Å²) < 4.78 is 40.3. The van der Waals surface area contributed by atoms with Crippen LogP contribution in [0.1, 0.15) is 5.56 Å². The van der Waals surface area contributed by atoms with Crippen molar-refractivity contribution in [2.24, 2.45) is 0 Å². The van der Waals surface area contributed by atoms with Crippen LogP contribution in [0.5, 0.6) is 0 Å². The van der Waals surface area contributed by atoms with Gasteiger partial charge in [-0.2, -0.15) is 13.2 Å². The number of thiazole rings is 1. The molecular formula is C19H19F3N4S. The van der Waals surface area contributed by atoms with Gasteiger partial charge in [-0.3, -0.25) is 4.98 Å². The molecule has 0 saturated heterocycles. The van der Waals surface area contributed by atoms with Crippen LogP contribution in [-0.4, -0.2) is 42.1 Å². The number of nitrogens with one attached hydrogen (secondary N) is 1. The molecule has 0 atom stereocenters. The molecule has 3 aromatic rings. The van der Waals surface area contributed by atoms with Crippen LogP contribution < -0.4 is 5.32 Å². The molecule has 0 aliphatic rings. The van der Waals surface area contributed by atoms with Crippen molar-refractivity contribution in [2.75, 3.05) is 32.5 Å². The SMILES string of the molecule is CN(C)CCNc1ncc(-c2cccnc2-c2ccccc2C(F)(F)F)s1. The number of anilines is 1. The van der Waals surface area contributed by atoms with Gasteiger partial charge in [0.2, 0.25) is 0 Å². The molecule has 142 valence electrons. The van der Waals surface area contributed by atoms with E-state index >= 15 is 0 Å². The molecule has 0 fully saturated rings. The molecule has 0 amide bonds. The molecule has 0 spiro atoms. The van der Waals surface area contributed by atoms with E-state index < -0.39 is 11.7 Å². The maximum atomic E-state index is 13.4. The second-order valence-corrected chi connectivity index (χ2v) is 7.23. The van der Waals surface area contributed by atoms with Crippen LogP contribution in [0.15, 0.2) is 48.8 Å². The minimum Gasteiger partial charge on any atom is -0.360 e. The lowest BCUT2D eigenvalue weighted by Gasteiger charge is -2.14. The van der Waals surface area contributed by atoms with Gasteiger partial charge in [-0.15, -0.1) is 0 Å². The quantitative estimate of drug-likeness (QED) is 0.650. The van der Waals surface area contributed by atoms with Gasteiger partial charge in [0, 0.05) is 36.6 Å². The van der Waals surface area contributed by atoms with E-state index in [0.29, 0.717) is 11.3 Å². The van der Waals surface area contributed by atoms with E-state index in [0.717, 1.165) is 29.2 Å². The number of likely N-dealkylation sites (N-methyl/N-ethyl adjacent to an activating group) is 1. The summed E-state index contributed by atoms with van der Waals surface area (Å²) in [7, 11) is 3.96. The fourth-order valence-electron chi connectivity index (χ4n) is 2.62. The van der Waals surface area contributed by atoms with Crippen molar-refractivity contribution in [3.05, 3.63) is 54.4 Å². The fourth-order valence-corrected chi connectivity index (χ4v) is 3.49. The second-order valence-electron chi connectivity index (χ2n) is 6.20. The molecule has 27 heavy (non-hydrogen) atoms.